The maximum atomic E-state index is 12.7. The molecular formula is C25H25N5O2. The average molecular weight is 428 g/mol. The van der Waals surface area contributed by atoms with Gasteiger partial charge in [-0.3, -0.25) is 9.59 Å². The van der Waals surface area contributed by atoms with E-state index in [4.69, 9.17) is 0 Å². The van der Waals surface area contributed by atoms with Crippen molar-refractivity contribution < 1.29 is 9.59 Å². The van der Waals surface area contributed by atoms with Gasteiger partial charge in [-0.25, -0.2) is 9.97 Å². The fraction of sp³-hybridized carbons (Fsp3) is 0.200. The van der Waals surface area contributed by atoms with Gasteiger partial charge in [0.25, 0.3) is 5.91 Å². The fourth-order valence-corrected chi connectivity index (χ4v) is 3.56. The lowest BCUT2D eigenvalue weighted by Crippen LogP contribution is -2.30. The molecule has 0 atom stereocenters. The Hall–Kier alpha value is -4.00. The van der Waals surface area contributed by atoms with Crippen LogP contribution in [0.2, 0.25) is 0 Å². The van der Waals surface area contributed by atoms with Crippen LogP contribution in [0.5, 0.6) is 0 Å². The Morgan fingerprint density at radius 1 is 1.06 bits per heavy atom. The summed E-state index contributed by atoms with van der Waals surface area (Å²) in [6, 6.07) is 13.8. The van der Waals surface area contributed by atoms with Crippen LogP contribution in [0.15, 0.2) is 73.3 Å². The van der Waals surface area contributed by atoms with Crippen molar-refractivity contribution in [3.8, 4) is 0 Å². The molecule has 162 valence electrons. The molecular weight excluding hydrogens is 402 g/mol. The van der Waals surface area contributed by atoms with Crippen LogP contribution >= 0.6 is 0 Å². The lowest BCUT2D eigenvalue weighted by molar-refractivity contribution is -0.125. The topological polar surface area (TPSA) is 80.1 Å². The summed E-state index contributed by atoms with van der Waals surface area (Å²) in [7, 11) is 1.80. The van der Waals surface area contributed by atoms with Gasteiger partial charge in [0.1, 0.15) is 11.5 Å². The Kier molecular flexibility index (Phi) is 6.55. The second-order valence-corrected chi connectivity index (χ2v) is 7.65. The van der Waals surface area contributed by atoms with Crippen LogP contribution in [0.4, 0.5) is 5.82 Å². The summed E-state index contributed by atoms with van der Waals surface area (Å²) in [5, 5.41) is 2.71. The highest BCUT2D eigenvalue weighted by atomic mass is 16.2. The Morgan fingerprint density at radius 2 is 1.91 bits per heavy atom. The molecule has 0 bridgehead atoms. The smallest absolute Gasteiger partial charge is 0.276 e. The van der Waals surface area contributed by atoms with Crippen LogP contribution in [0.25, 0.3) is 11.6 Å². The van der Waals surface area contributed by atoms with E-state index in [2.05, 4.69) is 33.5 Å². The molecule has 1 aliphatic rings. The molecule has 0 fully saturated rings. The summed E-state index contributed by atoms with van der Waals surface area (Å²) in [5.41, 5.74) is 3.62. The predicted molar refractivity (Wildman–Crippen MR) is 125 cm³/mol. The third kappa shape index (κ3) is 5.37. The summed E-state index contributed by atoms with van der Waals surface area (Å²) in [6.07, 6.45) is 12.1. The number of rotatable bonds is 5. The zero-order chi connectivity index (χ0) is 22.3. The first-order chi connectivity index (χ1) is 15.6. The van der Waals surface area contributed by atoms with Gasteiger partial charge in [-0.15, -0.1) is 0 Å². The first kappa shape index (κ1) is 21.2. The molecule has 1 aromatic carbocycles. The minimum absolute atomic E-state index is 0.0137. The van der Waals surface area contributed by atoms with E-state index in [-0.39, 0.29) is 11.8 Å². The van der Waals surface area contributed by atoms with Crippen molar-refractivity contribution in [2.75, 3.05) is 18.4 Å². The van der Waals surface area contributed by atoms with Crippen molar-refractivity contribution >= 4 is 29.3 Å². The number of nitrogens with one attached hydrogen (secondary N) is 1. The zero-order valence-corrected chi connectivity index (χ0v) is 17.9. The Bertz CT molecular complexity index is 1150. The molecule has 3 aromatic rings. The molecule has 1 aliphatic heterocycles. The molecule has 0 aliphatic carbocycles. The molecule has 2 amide bonds. The minimum Gasteiger partial charge on any atom is -0.340 e. The van der Waals surface area contributed by atoms with Gasteiger partial charge in [0, 0.05) is 38.6 Å². The van der Waals surface area contributed by atoms with E-state index in [0.29, 0.717) is 24.6 Å². The first-order valence-corrected chi connectivity index (χ1v) is 10.6. The van der Waals surface area contributed by atoms with E-state index < -0.39 is 0 Å². The number of pyridine rings is 1. The van der Waals surface area contributed by atoms with Crippen LogP contribution in [0.1, 0.15) is 34.5 Å². The summed E-state index contributed by atoms with van der Waals surface area (Å²) in [4.78, 5) is 35.0. The lowest BCUT2D eigenvalue weighted by Gasteiger charge is -2.18. The number of aromatic nitrogens is 3. The number of aryl methyl sites for hydroxylation is 1. The van der Waals surface area contributed by atoms with E-state index in [1.807, 2.05) is 29.2 Å². The van der Waals surface area contributed by atoms with Crippen molar-refractivity contribution in [1.82, 2.24) is 19.4 Å². The van der Waals surface area contributed by atoms with E-state index in [1.165, 1.54) is 11.1 Å². The van der Waals surface area contributed by atoms with Crippen LogP contribution in [0, 0.1) is 0 Å². The molecule has 7 heteroatoms. The van der Waals surface area contributed by atoms with Gasteiger partial charge >= 0.3 is 0 Å². The second kappa shape index (κ2) is 9.87. The minimum atomic E-state index is -0.318. The summed E-state index contributed by atoms with van der Waals surface area (Å²) in [6.45, 7) is 1.40. The molecule has 0 radical (unpaired) electrons. The van der Waals surface area contributed by atoms with Gasteiger partial charge in [0.05, 0.1) is 6.33 Å². The van der Waals surface area contributed by atoms with Crippen molar-refractivity contribution in [2.45, 2.75) is 12.8 Å². The Labute approximate surface area is 187 Å². The quantitative estimate of drug-likeness (QED) is 0.629. The van der Waals surface area contributed by atoms with E-state index >= 15 is 0 Å². The highest BCUT2D eigenvalue weighted by Crippen LogP contribution is 2.22. The molecule has 1 N–H and O–H groups in total. The number of hydrogen-bond donors (Lipinski definition) is 1. The number of nitrogens with zero attached hydrogens (tertiary/aromatic N) is 4. The van der Waals surface area contributed by atoms with E-state index in [1.54, 1.807) is 48.6 Å². The molecule has 0 saturated carbocycles. The van der Waals surface area contributed by atoms with Gasteiger partial charge in [0.15, 0.2) is 0 Å². The second-order valence-electron chi connectivity index (χ2n) is 7.65. The van der Waals surface area contributed by atoms with Crippen LogP contribution in [-0.4, -0.2) is 44.3 Å². The van der Waals surface area contributed by atoms with Crippen molar-refractivity contribution in [3.05, 3.63) is 90.2 Å². The van der Waals surface area contributed by atoms with Crippen LogP contribution in [-0.2, 0) is 11.8 Å². The number of amides is 2. The lowest BCUT2D eigenvalue weighted by atomic mass is 10.0. The molecule has 7 nitrogen and oxygen atoms in total. The van der Waals surface area contributed by atoms with Crippen molar-refractivity contribution in [2.24, 2.45) is 7.05 Å². The Morgan fingerprint density at radius 3 is 2.62 bits per heavy atom. The zero-order valence-electron chi connectivity index (χ0n) is 17.9. The molecule has 3 heterocycles. The Balaban J connectivity index is 1.31. The first-order valence-electron chi connectivity index (χ1n) is 10.6. The van der Waals surface area contributed by atoms with Gasteiger partial charge in [-0.2, -0.15) is 0 Å². The third-order valence-electron chi connectivity index (χ3n) is 5.28. The number of carbonyl (C=O) groups is 2. The summed E-state index contributed by atoms with van der Waals surface area (Å²) < 4.78 is 1.70. The molecule has 0 saturated heterocycles. The third-order valence-corrected chi connectivity index (χ3v) is 5.28. The van der Waals surface area contributed by atoms with Crippen LogP contribution in [0.3, 0.4) is 0 Å². The summed E-state index contributed by atoms with van der Waals surface area (Å²) in [5.74, 6) is 0.0950. The highest BCUT2D eigenvalue weighted by Gasteiger charge is 2.15. The predicted octanol–water partition coefficient (Wildman–Crippen LogP) is 3.79. The SMILES string of the molecule is Cn1cnc(C(=O)Nc2ccc(C=CC(=O)N3CCC=C(c4ccccc4)CC3)cn2)c1. The maximum absolute atomic E-state index is 12.7. The van der Waals surface area contributed by atoms with E-state index in [9.17, 15) is 9.59 Å². The monoisotopic (exact) mass is 427 g/mol. The number of anilines is 1. The van der Waals surface area contributed by atoms with Gasteiger partial charge in [-0.05, 0) is 47.8 Å². The molecule has 4 rings (SSSR count). The largest absolute Gasteiger partial charge is 0.340 e. The van der Waals surface area contributed by atoms with E-state index in [0.717, 1.165) is 18.4 Å². The highest BCUT2D eigenvalue weighted by molar-refractivity contribution is 6.02. The number of hydrogen-bond acceptors (Lipinski definition) is 4. The van der Waals surface area contributed by atoms with Gasteiger partial charge in [-0.1, -0.05) is 36.4 Å². The fourth-order valence-electron chi connectivity index (χ4n) is 3.56. The number of carbonyl (C=O) groups excluding carboxylic acids is 2. The number of benzene rings is 1. The molecule has 0 spiro atoms. The molecule has 32 heavy (non-hydrogen) atoms. The molecule has 2 aromatic heterocycles. The average Bonchev–Trinajstić information content (AvgIpc) is 3.11. The standard InChI is InChI=1S/C25H25N5O2/c1-29-17-22(27-18-29)25(32)28-23-11-9-19(16-26-23)10-12-24(31)30-14-5-8-21(13-15-30)20-6-3-2-4-7-20/h2-4,6-12,16-18H,5,13-15H2,1H3,(H,26,28,32). The summed E-state index contributed by atoms with van der Waals surface area (Å²) >= 11 is 0. The van der Waals surface area contributed by atoms with Gasteiger partial charge < -0.3 is 14.8 Å². The van der Waals surface area contributed by atoms with Crippen molar-refractivity contribution in [1.29, 1.82) is 0 Å². The molecule has 0 unspecified atom stereocenters. The van der Waals surface area contributed by atoms with Crippen LogP contribution < -0.4 is 5.32 Å². The van der Waals surface area contributed by atoms with Crippen molar-refractivity contribution in [3.63, 3.8) is 0 Å². The normalized spacial score (nSPS) is 14.2. The van der Waals surface area contributed by atoms with Gasteiger partial charge in [0.2, 0.25) is 5.91 Å². The number of imidazole rings is 1. The maximum Gasteiger partial charge on any atom is 0.276 e.